The number of nitrogens with one attached hydrogen (secondary N) is 3. The standard InChI is InChI=1S/C26H23BrN8O3.C16H14N4O3.C10H11BrN4O.CH4.ClH.S2.H2S/c1-13(36)25-18-5-15(17-8-29-14(2)30-9-17)3-4-19(18)34(33-25)12-24(37)35-20-6-16(20)7-21(35)26(38)32-23-11-28-10-22(27)31-23;1-9(21)16-13-5-11(12-6-17-10(2)18-7-12)3-4-14(13)20(19-16)8-15(22)23;11-8-3-12-4-9(14-8)15-10(16)7-2-5-1-6(5)13-7;;;1-2;/h3-5,8-11,16,20-21H,6-7,12H2,1-2H3,(H,31,32,38);3-7H,8H2,1-2H3,(H,22,23);3-7,13H,1-2H2,(H,14,15,16);1H4;1H;;1H2/t16-,20-,21+;;5-,6-,7+;;;;/m1.1..../s1. The van der Waals surface area contributed by atoms with E-state index in [1.807, 2.05) is 37.3 Å². The van der Waals surface area contributed by atoms with Crippen LogP contribution in [-0.4, -0.2) is 129 Å². The molecule has 29 heteroatoms. The second-order valence-electron chi connectivity index (χ2n) is 19.1. The van der Waals surface area contributed by atoms with Crippen LogP contribution in [0, 0.1) is 25.7 Å². The lowest BCUT2D eigenvalue weighted by atomic mass is 10.0. The number of ketones is 2. The molecule has 2 saturated carbocycles. The van der Waals surface area contributed by atoms with Crippen molar-refractivity contribution in [3.05, 3.63) is 118 Å². The number of halogens is 3. The first-order valence-electron chi connectivity index (χ1n) is 24.6. The molecule has 4 fully saturated rings. The summed E-state index contributed by atoms with van der Waals surface area (Å²) < 4.78 is 3.99. The smallest absolute Gasteiger partial charge is 0.325 e. The lowest BCUT2D eigenvalue weighted by molar-refractivity contribution is -0.138. The minimum atomic E-state index is -1.01. The number of nitrogens with zero attached hydrogens (tertiary/aromatic N) is 13. The molecule has 8 aromatic rings. The summed E-state index contributed by atoms with van der Waals surface area (Å²) in [5.74, 6) is 1.22. The van der Waals surface area contributed by atoms with Crippen molar-refractivity contribution >= 4 is 149 Å². The highest BCUT2D eigenvalue weighted by molar-refractivity contribution is 9.10. The highest BCUT2D eigenvalue weighted by Gasteiger charge is 2.56. The second-order valence-corrected chi connectivity index (χ2v) is 20.8. The SMILES string of the molecule is C.CC(=O)c1nn(CC(=O)N2[C@@H]3C[C@@H]3C[C@H]2C(=O)Nc2cncc(Br)n2)c2ccc(-c3cnc(C)nc3)cc12.CC(=O)c1nn(CC(=O)O)c2ccc(-c3cnc(C)nc3)cc12.Cl.O=C(Nc1cncc(Br)n1)[C@@H]1C[C@H]2C[C@H]2N1.S.S=S. The molecule has 0 radical (unpaired) electrons. The number of carboxylic acid groups (broad SMARTS) is 1. The molecule has 0 bridgehead atoms. The van der Waals surface area contributed by atoms with Gasteiger partial charge in [0.05, 0.1) is 41.9 Å². The van der Waals surface area contributed by atoms with Crippen molar-refractivity contribution in [2.24, 2.45) is 11.8 Å². The van der Waals surface area contributed by atoms with Crippen molar-refractivity contribution in [2.45, 2.75) is 98.1 Å². The van der Waals surface area contributed by atoms with Gasteiger partial charge in [-0.25, -0.2) is 29.9 Å². The predicted octanol–water partition coefficient (Wildman–Crippen LogP) is 7.37. The number of carboxylic acids is 1. The lowest BCUT2D eigenvalue weighted by Crippen LogP contribution is -2.46. The van der Waals surface area contributed by atoms with E-state index in [0.29, 0.717) is 78.6 Å². The Kier molecular flexibility index (Phi) is 21.7. The number of fused-ring (bicyclic) bond motifs is 4. The minimum Gasteiger partial charge on any atom is -0.480 e. The van der Waals surface area contributed by atoms with Crippen molar-refractivity contribution in [3.63, 3.8) is 0 Å². The maximum Gasteiger partial charge on any atom is 0.325 e. The van der Waals surface area contributed by atoms with Crippen LogP contribution < -0.4 is 16.0 Å². The van der Waals surface area contributed by atoms with Gasteiger partial charge in [-0.2, -0.15) is 23.7 Å². The van der Waals surface area contributed by atoms with Crippen molar-refractivity contribution in [1.82, 2.24) is 69.6 Å². The Morgan fingerprint density at radius 1 is 0.646 bits per heavy atom. The normalized spacial score (nSPS) is 18.3. The van der Waals surface area contributed by atoms with E-state index in [2.05, 4.69) is 120 Å². The number of Topliss-reactive ketones (excluding diaryl/α,β-unsaturated/α-hetero) is 2. The summed E-state index contributed by atoms with van der Waals surface area (Å²) >= 11 is 13.8. The van der Waals surface area contributed by atoms with Crippen LogP contribution in [0.25, 0.3) is 44.1 Å². The van der Waals surface area contributed by atoms with Gasteiger partial charge >= 0.3 is 5.97 Å². The number of amides is 3. The van der Waals surface area contributed by atoms with Crippen LogP contribution in [0.5, 0.6) is 0 Å². The number of carbonyl (C=O) groups excluding carboxylic acids is 5. The Balaban J connectivity index is 0.000000210. The van der Waals surface area contributed by atoms with E-state index in [1.165, 1.54) is 37.3 Å². The maximum absolute atomic E-state index is 13.6. The molecule has 2 aliphatic carbocycles. The zero-order valence-corrected chi connectivity index (χ0v) is 50.1. The van der Waals surface area contributed by atoms with Crippen LogP contribution in [0.1, 0.15) is 79.6 Å². The number of aliphatic carboxylic acids is 1. The molecule has 12 rings (SSSR count). The number of likely N-dealkylation sites (tertiary alicyclic amines) is 1. The zero-order valence-electron chi connectivity index (χ0n) is 43.5. The van der Waals surface area contributed by atoms with Crippen LogP contribution in [0.2, 0.25) is 0 Å². The molecule has 3 amide bonds. The number of hydrogen-bond donors (Lipinski definition) is 4. The molecule has 2 aliphatic heterocycles. The van der Waals surface area contributed by atoms with Gasteiger partial charge in [0.25, 0.3) is 0 Å². The Hall–Kier alpha value is -7.08. The fraction of sp³-hybridized carbons (Fsp3) is 0.321. The Bertz CT molecular complexity index is 3680. The van der Waals surface area contributed by atoms with Gasteiger partial charge in [-0.1, -0.05) is 19.6 Å². The van der Waals surface area contributed by atoms with Gasteiger partial charge in [-0.05, 0) is 119 Å². The van der Waals surface area contributed by atoms with Gasteiger partial charge in [-0.3, -0.25) is 48.1 Å². The van der Waals surface area contributed by atoms with Crippen LogP contribution in [-0.2, 0) is 54.6 Å². The zero-order chi connectivity index (χ0) is 56.2. The molecule has 23 nitrogen and oxygen atoms in total. The summed E-state index contributed by atoms with van der Waals surface area (Å²) in [6, 6.07) is 11.0. The average Bonchev–Trinajstić information content (AvgIpc) is 2.65. The van der Waals surface area contributed by atoms with Crippen molar-refractivity contribution in [3.8, 4) is 22.3 Å². The number of anilines is 2. The van der Waals surface area contributed by atoms with Gasteiger partial charge in [0.2, 0.25) is 17.7 Å². The van der Waals surface area contributed by atoms with E-state index >= 15 is 0 Å². The number of rotatable bonds is 12. The molecule has 0 unspecified atom stereocenters. The molecule has 8 heterocycles. The molecular formula is C53H55Br2ClN16O7S3. The van der Waals surface area contributed by atoms with E-state index in [9.17, 15) is 28.8 Å². The third-order valence-corrected chi connectivity index (χ3v) is 14.3. The van der Waals surface area contributed by atoms with E-state index in [0.717, 1.165) is 35.1 Å². The Morgan fingerprint density at radius 2 is 1.12 bits per heavy atom. The van der Waals surface area contributed by atoms with Crippen molar-refractivity contribution in [1.29, 1.82) is 0 Å². The van der Waals surface area contributed by atoms with E-state index in [4.69, 9.17) is 5.11 Å². The van der Waals surface area contributed by atoms with E-state index < -0.39 is 12.0 Å². The van der Waals surface area contributed by atoms with Crippen molar-refractivity contribution in [2.75, 3.05) is 10.6 Å². The number of hydrogen-bond acceptors (Lipinski definition) is 19. The summed E-state index contributed by atoms with van der Waals surface area (Å²) in [7, 11) is 0. The third-order valence-electron chi connectivity index (χ3n) is 13.6. The van der Waals surface area contributed by atoms with E-state index in [-0.39, 0.29) is 99.2 Å². The quantitative estimate of drug-likeness (QED) is 0.0868. The first-order valence-corrected chi connectivity index (χ1v) is 27.5. The Morgan fingerprint density at radius 3 is 1.56 bits per heavy atom. The van der Waals surface area contributed by atoms with Gasteiger partial charge in [0.15, 0.2) is 23.2 Å². The molecule has 0 spiro atoms. The van der Waals surface area contributed by atoms with Crippen molar-refractivity contribution < 1.29 is 33.9 Å². The fourth-order valence-corrected chi connectivity index (χ4v) is 10.3. The summed E-state index contributed by atoms with van der Waals surface area (Å²) in [6.07, 6.45) is 16.6. The monoisotopic (exact) mass is 1320 g/mol. The van der Waals surface area contributed by atoms with Crippen LogP contribution in [0.4, 0.5) is 11.6 Å². The number of aryl methyl sites for hydroxylation is 2. The number of benzene rings is 2. The molecule has 82 heavy (non-hydrogen) atoms. The third kappa shape index (κ3) is 14.9. The summed E-state index contributed by atoms with van der Waals surface area (Å²) in [6.45, 7) is 6.10. The molecule has 2 aromatic carbocycles. The topological polar surface area (TPSA) is 301 Å². The van der Waals surface area contributed by atoms with Crippen LogP contribution in [0.3, 0.4) is 0 Å². The summed E-state index contributed by atoms with van der Waals surface area (Å²) in [5.41, 5.74) is 5.14. The van der Waals surface area contributed by atoms with Crippen LogP contribution >= 0.6 is 57.8 Å². The molecule has 4 aliphatic rings. The molecule has 6 atom stereocenters. The van der Waals surface area contributed by atoms with Gasteiger partial charge < -0.3 is 26.0 Å². The predicted molar refractivity (Wildman–Crippen MR) is 325 cm³/mol. The molecule has 6 aromatic heterocycles. The molecular weight excluding hydrogens is 1260 g/mol. The molecule has 4 N–H and O–H groups in total. The van der Waals surface area contributed by atoms with E-state index in [1.54, 1.807) is 59.8 Å². The fourth-order valence-electron chi connectivity index (χ4n) is 9.70. The highest BCUT2D eigenvalue weighted by atomic mass is 79.9. The van der Waals surface area contributed by atoms with Gasteiger partial charge in [0.1, 0.15) is 51.4 Å². The molecule has 428 valence electrons. The maximum atomic E-state index is 13.6. The summed E-state index contributed by atoms with van der Waals surface area (Å²) in [5, 5.41) is 27.7. The molecule has 2 saturated heterocycles. The first-order chi connectivity index (χ1) is 38.0. The largest absolute Gasteiger partial charge is 0.480 e. The number of aromatic nitrogens is 12. The lowest BCUT2D eigenvalue weighted by Gasteiger charge is -2.26. The number of piperidine rings is 2. The second kappa shape index (κ2) is 27.8. The average molecular weight is 1320 g/mol. The van der Waals surface area contributed by atoms with Crippen LogP contribution in [0.15, 0.2) is 95.2 Å². The summed E-state index contributed by atoms with van der Waals surface area (Å²) in [4.78, 5) is 108. The number of carbonyl (C=O) groups is 6. The first kappa shape index (κ1) is 64.1. The van der Waals surface area contributed by atoms with Gasteiger partial charge in [-0.15, -0.1) is 12.4 Å². The van der Waals surface area contributed by atoms with Gasteiger partial charge in [0, 0.05) is 95.0 Å². The minimum absolute atomic E-state index is 0. The Labute approximate surface area is 509 Å². The highest BCUT2D eigenvalue weighted by Crippen LogP contribution is 2.48.